The van der Waals surface area contributed by atoms with E-state index in [1.54, 1.807) is 19.1 Å². The Bertz CT molecular complexity index is 1460. The lowest BCUT2D eigenvalue weighted by Gasteiger charge is -2.34. The fourth-order valence-corrected chi connectivity index (χ4v) is 6.56. The molecule has 2 unspecified atom stereocenters. The number of anilines is 2. The minimum atomic E-state index is -0.598. The van der Waals surface area contributed by atoms with Crippen LogP contribution in [0.25, 0.3) is 32.1 Å². The first-order valence-electron chi connectivity index (χ1n) is 11.1. The number of halogens is 3. The van der Waals surface area contributed by atoms with Crippen molar-refractivity contribution >= 4 is 54.7 Å². The number of nitrogens with one attached hydrogen (secondary N) is 1. The van der Waals surface area contributed by atoms with Crippen molar-refractivity contribution in [2.24, 2.45) is 0 Å². The van der Waals surface area contributed by atoms with Crippen LogP contribution in [-0.4, -0.2) is 42.3 Å². The fourth-order valence-electron chi connectivity index (χ4n) is 5.26. The van der Waals surface area contributed by atoms with Crippen LogP contribution in [0.1, 0.15) is 18.4 Å². The highest BCUT2D eigenvalue weighted by Crippen LogP contribution is 2.45. The first kappa shape index (κ1) is 21.8. The lowest BCUT2D eigenvalue weighted by Crippen LogP contribution is -2.51. The number of aryl methyl sites for hydroxylation is 1. The smallest absolute Gasteiger partial charge is 0.318 e. The van der Waals surface area contributed by atoms with Crippen LogP contribution in [0, 0.1) is 18.6 Å². The second-order valence-corrected chi connectivity index (χ2v) is 10.4. The van der Waals surface area contributed by atoms with Crippen LogP contribution in [-0.2, 0) is 0 Å². The number of thiophene rings is 1. The van der Waals surface area contributed by atoms with Gasteiger partial charge in [0.2, 0.25) is 0 Å². The van der Waals surface area contributed by atoms with Gasteiger partial charge in [-0.25, -0.2) is 8.78 Å². The van der Waals surface area contributed by atoms with Crippen LogP contribution in [0.15, 0.2) is 18.2 Å². The third-order valence-electron chi connectivity index (χ3n) is 6.88. The second kappa shape index (κ2) is 7.90. The van der Waals surface area contributed by atoms with Gasteiger partial charge >= 0.3 is 6.01 Å². The summed E-state index contributed by atoms with van der Waals surface area (Å²) in [5.74, 6) is -0.395. The van der Waals surface area contributed by atoms with Gasteiger partial charge in [-0.15, -0.1) is 11.3 Å². The van der Waals surface area contributed by atoms with Crippen LogP contribution >= 0.6 is 22.9 Å². The van der Waals surface area contributed by atoms with Crippen molar-refractivity contribution in [3.63, 3.8) is 0 Å². The zero-order valence-corrected chi connectivity index (χ0v) is 20.2. The second-order valence-electron chi connectivity index (χ2n) is 8.91. The van der Waals surface area contributed by atoms with Gasteiger partial charge < -0.3 is 20.7 Å². The number of nitrogens with two attached hydrogens (primary N) is 1. The zero-order valence-electron chi connectivity index (χ0n) is 18.6. The quantitative estimate of drug-likeness (QED) is 0.397. The topological polar surface area (TPSA) is 76.3 Å². The summed E-state index contributed by atoms with van der Waals surface area (Å²) >= 11 is 7.86. The molecule has 2 saturated heterocycles. The van der Waals surface area contributed by atoms with E-state index in [0.29, 0.717) is 49.5 Å². The number of hydrogen-bond acceptors (Lipinski definition) is 7. The summed E-state index contributed by atoms with van der Waals surface area (Å²) in [5, 5.41) is 5.36. The molecule has 2 aliphatic rings. The standard InChI is InChI=1S/C24H22ClF2N5OS/c1-10-17-13(5-6-16(26)21(17)34-22(10)28)18-15(25)7-14-20(19(18)27)30-24(33-2)31-23(14)32-8-11-3-4-12(9-32)29-11/h5-7,11-12,29H,3-4,8-9,28H2,1-2H3. The molecule has 6 rings (SSSR count). The molecular weight excluding hydrogens is 480 g/mol. The Hall–Kier alpha value is -2.75. The minimum Gasteiger partial charge on any atom is -0.467 e. The van der Waals surface area contributed by atoms with Gasteiger partial charge in [-0.3, -0.25) is 0 Å². The van der Waals surface area contributed by atoms with Crippen molar-refractivity contribution in [1.82, 2.24) is 15.3 Å². The van der Waals surface area contributed by atoms with Gasteiger partial charge in [-0.2, -0.15) is 9.97 Å². The molecule has 4 heterocycles. The molecule has 3 N–H and O–H groups in total. The maximum absolute atomic E-state index is 16.2. The van der Waals surface area contributed by atoms with E-state index in [4.69, 9.17) is 22.1 Å². The number of piperazine rings is 1. The molecule has 0 aliphatic carbocycles. The number of aromatic nitrogens is 2. The number of methoxy groups -OCH3 is 1. The SMILES string of the molecule is COc1nc(N2CC3CCC(C2)N3)c2cc(Cl)c(-c3ccc(F)c4sc(N)c(C)c34)c(F)c2n1. The van der Waals surface area contributed by atoms with Crippen molar-refractivity contribution in [1.29, 1.82) is 0 Å². The fraction of sp³-hybridized carbons (Fsp3) is 0.333. The van der Waals surface area contributed by atoms with Gasteiger partial charge in [0, 0.05) is 41.5 Å². The Balaban J connectivity index is 1.61. The third kappa shape index (κ3) is 3.21. The normalized spacial score (nSPS) is 20.0. The largest absolute Gasteiger partial charge is 0.467 e. The highest BCUT2D eigenvalue weighted by atomic mass is 35.5. The molecule has 0 radical (unpaired) electrons. The molecule has 10 heteroatoms. The Morgan fingerprint density at radius 3 is 2.65 bits per heavy atom. The first-order chi connectivity index (χ1) is 16.4. The molecule has 2 atom stereocenters. The summed E-state index contributed by atoms with van der Waals surface area (Å²) in [6.45, 7) is 3.32. The Labute approximate surface area is 203 Å². The van der Waals surface area contributed by atoms with E-state index in [0.717, 1.165) is 37.3 Å². The molecule has 2 aromatic carbocycles. The lowest BCUT2D eigenvalue weighted by atomic mass is 9.97. The minimum absolute atomic E-state index is 0.0840. The van der Waals surface area contributed by atoms with Gasteiger partial charge in [0.25, 0.3) is 0 Å². The number of rotatable bonds is 3. The molecule has 0 saturated carbocycles. The number of nitrogen functional groups attached to an aromatic ring is 1. The summed E-state index contributed by atoms with van der Waals surface area (Å²) in [5.41, 5.74) is 7.53. The maximum atomic E-state index is 16.2. The van der Waals surface area contributed by atoms with Gasteiger partial charge in [-0.1, -0.05) is 17.7 Å². The van der Waals surface area contributed by atoms with Crippen LogP contribution in [0.3, 0.4) is 0 Å². The molecule has 2 aromatic heterocycles. The summed E-state index contributed by atoms with van der Waals surface area (Å²) < 4.78 is 36.5. The van der Waals surface area contributed by atoms with E-state index >= 15 is 4.39 Å². The van der Waals surface area contributed by atoms with Gasteiger partial charge in [0.05, 0.1) is 21.8 Å². The van der Waals surface area contributed by atoms with E-state index in [1.165, 1.54) is 13.2 Å². The lowest BCUT2D eigenvalue weighted by molar-refractivity contribution is 0.380. The Morgan fingerprint density at radius 1 is 1.21 bits per heavy atom. The number of hydrogen-bond donors (Lipinski definition) is 2. The van der Waals surface area contributed by atoms with Gasteiger partial charge in [-0.05, 0) is 43.0 Å². The van der Waals surface area contributed by atoms with E-state index in [2.05, 4.69) is 20.2 Å². The summed E-state index contributed by atoms with van der Waals surface area (Å²) in [7, 11) is 1.46. The maximum Gasteiger partial charge on any atom is 0.318 e. The van der Waals surface area contributed by atoms with Crippen LogP contribution in [0.4, 0.5) is 19.6 Å². The number of fused-ring (bicyclic) bond motifs is 4. The van der Waals surface area contributed by atoms with E-state index in [-0.39, 0.29) is 22.1 Å². The molecule has 6 nitrogen and oxygen atoms in total. The van der Waals surface area contributed by atoms with Gasteiger partial charge in [0.15, 0.2) is 5.82 Å². The molecule has 176 valence electrons. The van der Waals surface area contributed by atoms with Gasteiger partial charge in [0.1, 0.15) is 17.2 Å². The first-order valence-corrected chi connectivity index (χ1v) is 12.3. The Kier molecular flexibility index (Phi) is 5.05. The Morgan fingerprint density at radius 2 is 1.94 bits per heavy atom. The van der Waals surface area contributed by atoms with Crippen molar-refractivity contribution in [3.8, 4) is 17.1 Å². The van der Waals surface area contributed by atoms with Crippen molar-refractivity contribution in [2.45, 2.75) is 31.8 Å². The third-order valence-corrected chi connectivity index (χ3v) is 8.30. The summed E-state index contributed by atoms with van der Waals surface area (Å²) in [6.07, 6.45) is 2.20. The molecular formula is C24H22ClF2N5OS. The van der Waals surface area contributed by atoms with Crippen molar-refractivity contribution in [2.75, 3.05) is 30.8 Å². The van der Waals surface area contributed by atoms with E-state index < -0.39 is 11.6 Å². The van der Waals surface area contributed by atoms with Crippen LogP contribution < -0.4 is 20.7 Å². The van der Waals surface area contributed by atoms with E-state index in [1.807, 2.05) is 0 Å². The predicted octanol–water partition coefficient (Wildman–Crippen LogP) is 5.28. The monoisotopic (exact) mass is 501 g/mol. The molecule has 2 aliphatic heterocycles. The zero-order chi connectivity index (χ0) is 23.7. The molecule has 34 heavy (non-hydrogen) atoms. The summed E-state index contributed by atoms with van der Waals surface area (Å²) in [4.78, 5) is 11.1. The molecule has 0 spiro atoms. The average molecular weight is 502 g/mol. The highest BCUT2D eigenvalue weighted by molar-refractivity contribution is 7.23. The number of nitrogens with zero attached hydrogens (tertiary/aromatic N) is 3. The molecule has 2 bridgehead atoms. The number of ether oxygens (including phenoxy) is 1. The van der Waals surface area contributed by atoms with E-state index in [9.17, 15) is 4.39 Å². The number of benzene rings is 2. The predicted molar refractivity (Wildman–Crippen MR) is 133 cm³/mol. The molecule has 2 fully saturated rings. The van der Waals surface area contributed by atoms with Crippen molar-refractivity contribution < 1.29 is 13.5 Å². The molecule has 4 aromatic rings. The summed E-state index contributed by atoms with van der Waals surface area (Å²) in [6, 6.07) is 5.38. The highest BCUT2D eigenvalue weighted by Gasteiger charge is 2.34. The molecule has 0 amide bonds. The van der Waals surface area contributed by atoms with Crippen molar-refractivity contribution in [3.05, 3.63) is 40.4 Å². The average Bonchev–Trinajstić information content (AvgIpc) is 3.32. The van der Waals surface area contributed by atoms with Crippen LogP contribution in [0.2, 0.25) is 5.02 Å². The van der Waals surface area contributed by atoms with Crippen LogP contribution in [0.5, 0.6) is 6.01 Å².